The molecule has 0 aromatic carbocycles. The molecule has 0 heterocycles. The van der Waals surface area contributed by atoms with E-state index < -0.39 is 8.60 Å². The van der Waals surface area contributed by atoms with Crippen LogP contribution in [0.15, 0.2) is 0 Å². The molecule has 0 unspecified atom stereocenters. The van der Waals surface area contributed by atoms with E-state index in [1.54, 1.807) is 0 Å². The second kappa shape index (κ2) is 15.7. The number of hydrogen-bond donors (Lipinski definition) is 2. The summed E-state index contributed by atoms with van der Waals surface area (Å²) in [7, 11) is -3.12. The maximum atomic E-state index is 8.59. The van der Waals surface area contributed by atoms with Crippen LogP contribution in [0, 0.1) is 0 Å². The molecule has 0 aliphatic heterocycles. The van der Waals surface area contributed by atoms with E-state index in [2.05, 4.69) is 0 Å². The maximum Gasteiger partial charge on any atom is 2.00 e. The molecular weight excluding hydrogens is 162 g/mol. The molecule has 0 saturated carbocycles. The Morgan fingerprint density at radius 2 is 1.29 bits per heavy atom. The second-order valence-electron chi connectivity index (χ2n) is 0.238. The normalized spacial score (nSPS) is 5.86. The summed E-state index contributed by atoms with van der Waals surface area (Å²) in [6.07, 6.45) is 0. The summed E-state index contributed by atoms with van der Waals surface area (Å²) in [4.78, 5) is 24.2. The molecule has 0 atom stereocenters. The standard InChI is InChI=1S/Al.Ca.HO3P.H2O/c;;1-4(2)3;/h;;1H;1H2/q+1;+2;-2;/p-1. The molecule has 0 spiro atoms. The smallest absolute Gasteiger partial charge is 0.820 e. The average Bonchev–Trinajstić information content (AvgIpc) is 1.41. The zero-order valence-corrected chi connectivity index (χ0v) is 7.70. The Morgan fingerprint density at radius 3 is 1.29 bits per heavy atom. The van der Waals surface area contributed by atoms with Crippen molar-refractivity contribution in [2.75, 3.05) is 0 Å². The summed E-state index contributed by atoms with van der Waals surface area (Å²) in [5.41, 5.74) is 0. The summed E-state index contributed by atoms with van der Waals surface area (Å²) < 4.78 is 6.92. The van der Waals surface area contributed by atoms with Gasteiger partial charge in [-0.2, -0.15) is 8.60 Å². The first kappa shape index (κ1) is 16.0. The Bertz CT molecular complexity index is 16.4. The van der Waals surface area contributed by atoms with E-state index in [0.29, 0.717) is 0 Å². The molecule has 4 nitrogen and oxygen atoms in total. The minimum absolute atomic E-state index is 0. The second-order valence-corrected chi connectivity index (χ2v) is 0.714. The van der Waals surface area contributed by atoms with Crippen LogP contribution in [-0.4, -0.2) is 63.4 Å². The van der Waals surface area contributed by atoms with Crippen LogP contribution in [0.25, 0.3) is 0 Å². The van der Waals surface area contributed by atoms with E-state index in [0.717, 1.165) is 0 Å². The summed E-state index contributed by atoms with van der Waals surface area (Å²) >= 11 is 1.42. The van der Waals surface area contributed by atoms with Crippen LogP contribution in [0.3, 0.4) is 0 Å². The zero-order chi connectivity index (χ0) is 5.58. The molecule has 0 saturated heterocycles. The van der Waals surface area contributed by atoms with Crippen molar-refractivity contribution in [3.63, 3.8) is 0 Å². The van der Waals surface area contributed by atoms with Crippen LogP contribution in [0.5, 0.6) is 0 Å². The molecule has 7 heavy (non-hydrogen) atoms. The fraction of sp³-hybridized carbons (Fsp3) is 0. The summed E-state index contributed by atoms with van der Waals surface area (Å²) in [5, 5.41) is 0. The first-order valence-electron chi connectivity index (χ1n) is 0.823. The molecule has 0 aliphatic rings. The molecule has 0 rings (SSSR count). The zero-order valence-electron chi connectivity index (χ0n) is 3.44. The molecule has 0 aromatic rings. The fourth-order valence-electron chi connectivity index (χ4n) is 0. The Labute approximate surface area is 80.9 Å². The Balaban J connectivity index is -0.0000000480. The van der Waals surface area contributed by atoms with Crippen LogP contribution in [-0.2, 0) is 0 Å². The van der Waals surface area contributed by atoms with Gasteiger partial charge in [0, 0.05) is 0 Å². The van der Waals surface area contributed by atoms with Crippen molar-refractivity contribution in [2.45, 2.75) is 0 Å². The van der Waals surface area contributed by atoms with Crippen LogP contribution in [0.4, 0.5) is 0 Å². The SMILES string of the molecule is [Ca+2].[O-]P([O-])O.[OH][Al]. The van der Waals surface area contributed by atoms with Crippen molar-refractivity contribution in [3.8, 4) is 0 Å². The van der Waals surface area contributed by atoms with Crippen molar-refractivity contribution in [3.05, 3.63) is 0 Å². The van der Waals surface area contributed by atoms with Crippen molar-refractivity contribution in [1.82, 2.24) is 0 Å². The molecule has 7 heteroatoms. The third-order valence-electron chi connectivity index (χ3n) is 0. The van der Waals surface area contributed by atoms with Gasteiger partial charge in [-0.25, -0.2) is 0 Å². The van der Waals surface area contributed by atoms with Crippen LogP contribution >= 0.6 is 8.60 Å². The monoisotopic (exact) mass is 164 g/mol. The third kappa shape index (κ3) is 69.7. The molecule has 0 bridgehead atoms. The van der Waals surface area contributed by atoms with Crippen LogP contribution in [0.1, 0.15) is 0 Å². The summed E-state index contributed by atoms with van der Waals surface area (Å²) in [5.74, 6) is 0. The van der Waals surface area contributed by atoms with E-state index in [4.69, 9.17) is 18.8 Å². The van der Waals surface area contributed by atoms with Gasteiger partial charge in [0.15, 0.2) is 0 Å². The Hall–Kier alpha value is 2.06. The predicted octanol–water partition coefficient (Wildman–Crippen LogP) is -3.39. The van der Waals surface area contributed by atoms with Gasteiger partial charge in [0.2, 0.25) is 0 Å². The molecule has 2 N–H and O–H groups in total. The van der Waals surface area contributed by atoms with Crippen molar-refractivity contribution in [2.24, 2.45) is 0 Å². The maximum absolute atomic E-state index is 8.59. The molecule has 0 aromatic heterocycles. The van der Waals surface area contributed by atoms with Gasteiger partial charge in [0.05, 0.1) is 0 Å². The predicted molar refractivity (Wildman–Crippen MR) is 22.9 cm³/mol. The average molecular weight is 164 g/mol. The minimum atomic E-state index is -3.12. The van der Waals surface area contributed by atoms with Gasteiger partial charge >= 0.3 is 54.4 Å². The summed E-state index contributed by atoms with van der Waals surface area (Å²) in [6.45, 7) is 0. The van der Waals surface area contributed by atoms with Gasteiger partial charge in [-0.15, -0.1) is 0 Å². The van der Waals surface area contributed by atoms with Gasteiger partial charge in [0.1, 0.15) is 0 Å². The van der Waals surface area contributed by atoms with Gasteiger partial charge in [0.25, 0.3) is 0 Å². The topological polar surface area (TPSA) is 86.6 Å². The van der Waals surface area contributed by atoms with Crippen LogP contribution < -0.4 is 9.79 Å². The van der Waals surface area contributed by atoms with E-state index in [9.17, 15) is 0 Å². The van der Waals surface area contributed by atoms with Gasteiger partial charge < -0.3 is 18.8 Å². The molecule has 36 valence electrons. The summed E-state index contributed by atoms with van der Waals surface area (Å²) in [6, 6.07) is 0. The molecular formula is H2AlCaO4P. The minimum Gasteiger partial charge on any atom is -0.820 e. The van der Waals surface area contributed by atoms with Gasteiger partial charge in [-0.1, -0.05) is 0 Å². The first-order chi connectivity index (χ1) is 2.73. The molecule has 0 fully saturated rings. The number of hydrogen-bond acceptors (Lipinski definition) is 4. The fourth-order valence-corrected chi connectivity index (χ4v) is 0. The third-order valence-corrected chi connectivity index (χ3v) is 0. The van der Waals surface area contributed by atoms with E-state index >= 15 is 0 Å². The van der Waals surface area contributed by atoms with Crippen molar-refractivity contribution in [1.29, 1.82) is 0 Å². The largest absolute Gasteiger partial charge is 2.00 e. The van der Waals surface area contributed by atoms with E-state index in [1.807, 2.05) is 0 Å². The van der Waals surface area contributed by atoms with Gasteiger partial charge in [-0.05, 0) is 0 Å². The molecule has 2 radical (unpaired) electrons. The number of rotatable bonds is 0. The quantitative estimate of drug-likeness (QED) is 0.288. The Kier molecular flexibility index (Phi) is 35.9. The van der Waals surface area contributed by atoms with Crippen molar-refractivity contribution >= 4 is 63.0 Å². The molecule has 0 amide bonds. The van der Waals surface area contributed by atoms with E-state index in [-0.39, 0.29) is 37.7 Å². The Morgan fingerprint density at radius 1 is 1.29 bits per heavy atom. The first-order valence-corrected chi connectivity index (χ1v) is 2.47. The van der Waals surface area contributed by atoms with Crippen LogP contribution in [0.2, 0.25) is 0 Å². The van der Waals surface area contributed by atoms with Gasteiger partial charge in [-0.3, -0.25) is 0 Å². The van der Waals surface area contributed by atoms with Crippen molar-refractivity contribution < 1.29 is 18.8 Å². The molecule has 0 aliphatic carbocycles. The van der Waals surface area contributed by atoms with E-state index in [1.165, 1.54) is 16.6 Å².